The molecule has 3 nitrogen and oxygen atoms in total. The Bertz CT molecular complexity index is 726. The molecular formula is C17H17NO2. The Morgan fingerprint density at radius 3 is 2.45 bits per heavy atom. The van der Waals surface area contributed by atoms with Gasteiger partial charge in [0.05, 0.1) is 7.11 Å². The number of aromatic nitrogens is 1. The smallest absolute Gasteiger partial charge is 0.227 e. The van der Waals surface area contributed by atoms with Crippen LogP contribution in [0.2, 0.25) is 0 Å². The molecule has 0 atom stereocenters. The molecule has 20 heavy (non-hydrogen) atoms. The normalized spacial score (nSPS) is 11.2. The van der Waals surface area contributed by atoms with E-state index in [1.165, 1.54) is 5.56 Å². The molecule has 1 heterocycles. The second-order valence-electron chi connectivity index (χ2n) is 5.10. The Balaban J connectivity index is 2.10. The van der Waals surface area contributed by atoms with Crippen LogP contribution in [-0.4, -0.2) is 12.1 Å². The van der Waals surface area contributed by atoms with Crippen molar-refractivity contribution in [3.63, 3.8) is 0 Å². The molecule has 0 aliphatic heterocycles. The fraction of sp³-hybridized carbons (Fsp3) is 0.235. The summed E-state index contributed by atoms with van der Waals surface area (Å²) in [4.78, 5) is 4.57. The highest BCUT2D eigenvalue weighted by molar-refractivity contribution is 5.79. The number of hydrogen-bond acceptors (Lipinski definition) is 3. The minimum absolute atomic E-state index is 0.412. The molecule has 3 aromatic rings. The molecule has 102 valence electrons. The molecule has 0 spiro atoms. The summed E-state index contributed by atoms with van der Waals surface area (Å²) in [5, 5.41) is 0. The molecule has 2 aromatic carbocycles. The van der Waals surface area contributed by atoms with Crippen LogP contribution in [0.5, 0.6) is 5.75 Å². The predicted octanol–water partition coefficient (Wildman–Crippen LogP) is 4.63. The molecule has 0 aliphatic carbocycles. The third-order valence-electron chi connectivity index (χ3n) is 3.40. The Morgan fingerprint density at radius 1 is 1.05 bits per heavy atom. The van der Waals surface area contributed by atoms with Crippen LogP contribution in [0, 0.1) is 0 Å². The third kappa shape index (κ3) is 2.16. The SMILES string of the molecule is COc1ccc(-c2nc3cccc(C(C)C)c3o2)cc1. The van der Waals surface area contributed by atoms with E-state index in [1.807, 2.05) is 36.4 Å². The molecule has 0 amide bonds. The van der Waals surface area contributed by atoms with Gasteiger partial charge in [-0.1, -0.05) is 26.0 Å². The first-order valence-corrected chi connectivity index (χ1v) is 6.73. The van der Waals surface area contributed by atoms with Crippen molar-refractivity contribution in [1.82, 2.24) is 4.98 Å². The lowest BCUT2D eigenvalue weighted by Crippen LogP contribution is -1.86. The van der Waals surface area contributed by atoms with Gasteiger partial charge < -0.3 is 9.15 Å². The predicted molar refractivity (Wildman–Crippen MR) is 80.1 cm³/mol. The summed E-state index contributed by atoms with van der Waals surface area (Å²) >= 11 is 0. The van der Waals surface area contributed by atoms with E-state index in [1.54, 1.807) is 7.11 Å². The van der Waals surface area contributed by atoms with Gasteiger partial charge in [-0.3, -0.25) is 0 Å². The van der Waals surface area contributed by atoms with Crippen LogP contribution in [0.1, 0.15) is 25.3 Å². The second-order valence-corrected chi connectivity index (χ2v) is 5.10. The summed E-state index contributed by atoms with van der Waals surface area (Å²) in [7, 11) is 1.66. The molecule has 0 radical (unpaired) electrons. The Morgan fingerprint density at radius 2 is 1.80 bits per heavy atom. The summed E-state index contributed by atoms with van der Waals surface area (Å²) in [5.41, 5.74) is 3.93. The largest absolute Gasteiger partial charge is 0.497 e. The first-order valence-electron chi connectivity index (χ1n) is 6.73. The van der Waals surface area contributed by atoms with Crippen LogP contribution < -0.4 is 4.74 Å². The third-order valence-corrected chi connectivity index (χ3v) is 3.40. The molecule has 0 saturated carbocycles. The van der Waals surface area contributed by atoms with Gasteiger partial charge in [-0.05, 0) is 41.8 Å². The highest BCUT2D eigenvalue weighted by atomic mass is 16.5. The lowest BCUT2D eigenvalue weighted by molar-refractivity contribution is 0.415. The highest BCUT2D eigenvalue weighted by Gasteiger charge is 2.13. The van der Waals surface area contributed by atoms with Crippen molar-refractivity contribution in [2.45, 2.75) is 19.8 Å². The molecule has 0 aliphatic rings. The fourth-order valence-corrected chi connectivity index (χ4v) is 2.28. The van der Waals surface area contributed by atoms with Crippen LogP contribution in [0.25, 0.3) is 22.6 Å². The monoisotopic (exact) mass is 267 g/mol. The van der Waals surface area contributed by atoms with Crippen molar-refractivity contribution in [1.29, 1.82) is 0 Å². The molecular weight excluding hydrogens is 250 g/mol. The minimum atomic E-state index is 0.412. The number of methoxy groups -OCH3 is 1. The minimum Gasteiger partial charge on any atom is -0.497 e. The molecule has 0 fully saturated rings. The Labute approximate surface area is 118 Å². The first kappa shape index (κ1) is 12.7. The van der Waals surface area contributed by atoms with Crippen LogP contribution >= 0.6 is 0 Å². The van der Waals surface area contributed by atoms with Gasteiger partial charge in [-0.2, -0.15) is 0 Å². The summed E-state index contributed by atoms with van der Waals surface area (Å²) in [6.07, 6.45) is 0. The average molecular weight is 267 g/mol. The van der Waals surface area contributed by atoms with Crippen LogP contribution in [0.15, 0.2) is 46.9 Å². The molecule has 1 aromatic heterocycles. The molecule has 3 heteroatoms. The van der Waals surface area contributed by atoms with Crippen LogP contribution in [0.3, 0.4) is 0 Å². The number of hydrogen-bond donors (Lipinski definition) is 0. The molecule has 0 N–H and O–H groups in total. The van der Waals surface area contributed by atoms with E-state index in [0.717, 1.165) is 22.4 Å². The average Bonchev–Trinajstić information content (AvgIpc) is 2.90. The van der Waals surface area contributed by atoms with E-state index in [9.17, 15) is 0 Å². The maximum absolute atomic E-state index is 5.97. The maximum atomic E-state index is 5.97. The van der Waals surface area contributed by atoms with E-state index in [2.05, 4.69) is 24.9 Å². The van der Waals surface area contributed by atoms with Gasteiger partial charge in [0.25, 0.3) is 0 Å². The van der Waals surface area contributed by atoms with Gasteiger partial charge in [0.15, 0.2) is 5.58 Å². The second kappa shape index (κ2) is 5.00. The van der Waals surface area contributed by atoms with Gasteiger partial charge in [-0.25, -0.2) is 4.98 Å². The summed E-state index contributed by atoms with van der Waals surface area (Å²) in [6.45, 7) is 4.31. The van der Waals surface area contributed by atoms with E-state index < -0.39 is 0 Å². The standard InChI is InChI=1S/C17H17NO2/c1-11(2)14-5-4-6-15-16(14)20-17(18-15)12-7-9-13(19-3)10-8-12/h4-11H,1-3H3. The quantitative estimate of drug-likeness (QED) is 0.694. The zero-order chi connectivity index (χ0) is 14.1. The van der Waals surface area contributed by atoms with Gasteiger partial charge >= 0.3 is 0 Å². The lowest BCUT2D eigenvalue weighted by atomic mass is 10.0. The topological polar surface area (TPSA) is 35.3 Å². The number of ether oxygens (including phenoxy) is 1. The lowest BCUT2D eigenvalue weighted by Gasteiger charge is -2.04. The van der Waals surface area contributed by atoms with Crippen molar-refractivity contribution in [2.75, 3.05) is 7.11 Å². The van der Waals surface area contributed by atoms with Crippen molar-refractivity contribution in [3.05, 3.63) is 48.0 Å². The molecule has 3 rings (SSSR count). The fourth-order valence-electron chi connectivity index (χ4n) is 2.28. The first-order chi connectivity index (χ1) is 9.69. The summed E-state index contributed by atoms with van der Waals surface area (Å²) in [5.74, 6) is 1.89. The van der Waals surface area contributed by atoms with Crippen LogP contribution in [-0.2, 0) is 0 Å². The Hall–Kier alpha value is -2.29. The number of oxazole rings is 1. The Kier molecular flexibility index (Phi) is 3.18. The van der Waals surface area contributed by atoms with E-state index in [-0.39, 0.29) is 0 Å². The number of benzene rings is 2. The van der Waals surface area contributed by atoms with Gasteiger partial charge in [0.2, 0.25) is 5.89 Å². The van der Waals surface area contributed by atoms with Gasteiger partial charge in [0, 0.05) is 5.56 Å². The van der Waals surface area contributed by atoms with Crippen molar-refractivity contribution < 1.29 is 9.15 Å². The van der Waals surface area contributed by atoms with Crippen molar-refractivity contribution in [2.24, 2.45) is 0 Å². The van der Waals surface area contributed by atoms with Gasteiger partial charge in [-0.15, -0.1) is 0 Å². The number of nitrogens with zero attached hydrogens (tertiary/aromatic N) is 1. The molecule has 0 bridgehead atoms. The molecule has 0 saturated heterocycles. The number of rotatable bonds is 3. The van der Waals surface area contributed by atoms with Crippen molar-refractivity contribution >= 4 is 11.1 Å². The van der Waals surface area contributed by atoms with E-state index >= 15 is 0 Å². The zero-order valence-corrected chi connectivity index (χ0v) is 11.9. The maximum Gasteiger partial charge on any atom is 0.227 e. The summed E-state index contributed by atoms with van der Waals surface area (Å²) < 4.78 is 11.1. The number of fused-ring (bicyclic) bond motifs is 1. The summed E-state index contributed by atoms with van der Waals surface area (Å²) in [6, 6.07) is 13.8. The van der Waals surface area contributed by atoms with Gasteiger partial charge in [0.1, 0.15) is 11.3 Å². The van der Waals surface area contributed by atoms with E-state index in [4.69, 9.17) is 9.15 Å². The molecule has 0 unspecified atom stereocenters. The zero-order valence-electron chi connectivity index (χ0n) is 11.9. The number of para-hydroxylation sites is 1. The highest BCUT2D eigenvalue weighted by Crippen LogP contribution is 2.30. The van der Waals surface area contributed by atoms with Crippen LogP contribution in [0.4, 0.5) is 0 Å². The van der Waals surface area contributed by atoms with E-state index in [0.29, 0.717) is 11.8 Å². The van der Waals surface area contributed by atoms with Crippen molar-refractivity contribution in [3.8, 4) is 17.2 Å².